The average Bonchev–Trinajstić information content (AvgIpc) is 2.43. The molecule has 0 amide bonds. The molecular formula is C15H23FN2O. The molecule has 4 heteroatoms. The van der Waals surface area contributed by atoms with Crippen molar-refractivity contribution in [2.75, 3.05) is 27.2 Å². The first-order valence-electron chi connectivity index (χ1n) is 6.80. The van der Waals surface area contributed by atoms with E-state index in [0.717, 1.165) is 31.5 Å². The maximum atomic E-state index is 13.9. The summed E-state index contributed by atoms with van der Waals surface area (Å²) in [6, 6.07) is 5.09. The summed E-state index contributed by atoms with van der Waals surface area (Å²) in [6.45, 7) is 4.93. The minimum absolute atomic E-state index is 0.179. The number of hydrogen-bond donors (Lipinski definition) is 1. The summed E-state index contributed by atoms with van der Waals surface area (Å²) in [5, 5.41) is 3.37. The molecule has 1 fully saturated rings. The normalized spacial score (nSPS) is 19.4. The molecular weight excluding hydrogens is 243 g/mol. The Labute approximate surface area is 114 Å². The van der Waals surface area contributed by atoms with Crippen LogP contribution in [-0.2, 0) is 6.54 Å². The molecule has 1 heterocycles. The summed E-state index contributed by atoms with van der Waals surface area (Å²) in [7, 11) is 3.57. The number of nitrogens with zero attached hydrogens (tertiary/aromatic N) is 1. The number of benzene rings is 1. The Bertz CT molecular complexity index is 428. The summed E-state index contributed by atoms with van der Waals surface area (Å²) in [5.41, 5.74) is 0.975. The third-order valence-electron chi connectivity index (χ3n) is 4.22. The van der Waals surface area contributed by atoms with Crippen LogP contribution in [0, 0.1) is 5.82 Å². The molecule has 0 saturated carbocycles. The number of nitrogens with one attached hydrogen (secondary N) is 1. The first-order chi connectivity index (χ1) is 9.06. The Kier molecular flexibility index (Phi) is 4.42. The molecule has 106 valence electrons. The van der Waals surface area contributed by atoms with E-state index in [4.69, 9.17) is 4.74 Å². The van der Waals surface area contributed by atoms with Gasteiger partial charge in [0, 0.05) is 36.8 Å². The van der Waals surface area contributed by atoms with Gasteiger partial charge in [0.05, 0.1) is 7.11 Å². The predicted octanol–water partition coefficient (Wildman–Crippen LogP) is 2.41. The molecule has 1 aromatic rings. The zero-order chi connectivity index (χ0) is 13.9. The van der Waals surface area contributed by atoms with E-state index >= 15 is 0 Å². The third kappa shape index (κ3) is 3.45. The van der Waals surface area contributed by atoms with Crippen LogP contribution in [0.4, 0.5) is 4.39 Å². The largest absolute Gasteiger partial charge is 0.497 e. The molecule has 2 rings (SSSR count). The number of ether oxygens (including phenoxy) is 1. The van der Waals surface area contributed by atoms with E-state index in [1.807, 2.05) is 19.2 Å². The molecule has 0 unspecified atom stereocenters. The summed E-state index contributed by atoms with van der Waals surface area (Å²) >= 11 is 0. The van der Waals surface area contributed by atoms with E-state index < -0.39 is 0 Å². The third-order valence-corrected chi connectivity index (χ3v) is 4.22. The molecule has 0 aliphatic carbocycles. The average molecular weight is 266 g/mol. The summed E-state index contributed by atoms with van der Waals surface area (Å²) in [6.07, 6.45) is 2.20. The van der Waals surface area contributed by atoms with Crippen molar-refractivity contribution in [3.63, 3.8) is 0 Å². The zero-order valence-electron chi connectivity index (χ0n) is 12.0. The number of rotatable bonds is 4. The minimum atomic E-state index is -0.179. The van der Waals surface area contributed by atoms with Gasteiger partial charge in [-0.1, -0.05) is 6.07 Å². The summed E-state index contributed by atoms with van der Waals surface area (Å²) in [5.74, 6) is 0.393. The Balaban J connectivity index is 1.96. The lowest BCUT2D eigenvalue weighted by Gasteiger charge is -2.39. The predicted molar refractivity (Wildman–Crippen MR) is 74.9 cm³/mol. The van der Waals surface area contributed by atoms with Crippen molar-refractivity contribution in [3.05, 3.63) is 29.6 Å². The molecule has 1 aliphatic heterocycles. The Hall–Kier alpha value is -1.13. The summed E-state index contributed by atoms with van der Waals surface area (Å²) in [4.78, 5) is 2.31. The molecule has 1 saturated heterocycles. The van der Waals surface area contributed by atoms with Crippen molar-refractivity contribution >= 4 is 0 Å². The summed E-state index contributed by atoms with van der Waals surface area (Å²) < 4.78 is 18.9. The van der Waals surface area contributed by atoms with Crippen LogP contribution in [0.2, 0.25) is 0 Å². The molecule has 0 bridgehead atoms. The SMILES string of the molecule is CNC1(C)CCN(Cc2ccc(OC)cc2F)CC1. The van der Waals surface area contributed by atoms with Crippen LogP contribution in [0.3, 0.4) is 0 Å². The first kappa shape index (κ1) is 14.3. The molecule has 0 atom stereocenters. The van der Waals surface area contributed by atoms with Gasteiger partial charge in [-0.3, -0.25) is 4.90 Å². The highest BCUT2D eigenvalue weighted by Gasteiger charge is 2.28. The van der Waals surface area contributed by atoms with Gasteiger partial charge >= 0.3 is 0 Å². The highest BCUT2D eigenvalue weighted by atomic mass is 19.1. The van der Waals surface area contributed by atoms with Crippen molar-refractivity contribution in [2.45, 2.75) is 31.8 Å². The molecule has 1 N–H and O–H groups in total. The van der Waals surface area contributed by atoms with Gasteiger partial charge < -0.3 is 10.1 Å². The highest BCUT2D eigenvalue weighted by Crippen LogP contribution is 2.24. The van der Waals surface area contributed by atoms with Crippen LogP contribution in [-0.4, -0.2) is 37.7 Å². The highest BCUT2D eigenvalue weighted by molar-refractivity contribution is 5.28. The quantitative estimate of drug-likeness (QED) is 0.905. The number of likely N-dealkylation sites (tertiary alicyclic amines) is 1. The Morgan fingerprint density at radius 1 is 1.37 bits per heavy atom. The van der Waals surface area contributed by atoms with E-state index in [1.165, 1.54) is 6.07 Å². The number of methoxy groups -OCH3 is 1. The lowest BCUT2D eigenvalue weighted by molar-refractivity contribution is 0.145. The van der Waals surface area contributed by atoms with E-state index in [-0.39, 0.29) is 11.4 Å². The molecule has 0 spiro atoms. The van der Waals surface area contributed by atoms with E-state index in [2.05, 4.69) is 17.1 Å². The lowest BCUT2D eigenvalue weighted by Crippen LogP contribution is -2.49. The van der Waals surface area contributed by atoms with Gasteiger partial charge in [-0.05, 0) is 32.9 Å². The van der Waals surface area contributed by atoms with Crippen LogP contribution in [0.15, 0.2) is 18.2 Å². The minimum Gasteiger partial charge on any atom is -0.497 e. The van der Waals surface area contributed by atoms with Crippen LogP contribution in [0.25, 0.3) is 0 Å². The van der Waals surface area contributed by atoms with Gasteiger partial charge in [0.25, 0.3) is 0 Å². The number of halogens is 1. The molecule has 0 radical (unpaired) electrons. The van der Waals surface area contributed by atoms with Gasteiger partial charge in [-0.15, -0.1) is 0 Å². The maximum absolute atomic E-state index is 13.9. The fourth-order valence-corrected chi connectivity index (χ4v) is 2.48. The standard InChI is InChI=1S/C15H23FN2O/c1-15(17-2)6-8-18(9-7-15)11-12-4-5-13(19-3)10-14(12)16/h4-5,10,17H,6-9,11H2,1-3H3. The van der Waals surface area contributed by atoms with Crippen molar-refractivity contribution in [1.29, 1.82) is 0 Å². The Morgan fingerprint density at radius 2 is 2.05 bits per heavy atom. The Morgan fingerprint density at radius 3 is 2.58 bits per heavy atom. The van der Waals surface area contributed by atoms with E-state index in [9.17, 15) is 4.39 Å². The van der Waals surface area contributed by atoms with Gasteiger partial charge in [0.15, 0.2) is 0 Å². The van der Waals surface area contributed by atoms with E-state index in [0.29, 0.717) is 12.3 Å². The smallest absolute Gasteiger partial charge is 0.131 e. The molecule has 3 nitrogen and oxygen atoms in total. The number of hydrogen-bond acceptors (Lipinski definition) is 3. The topological polar surface area (TPSA) is 24.5 Å². The maximum Gasteiger partial charge on any atom is 0.131 e. The lowest BCUT2D eigenvalue weighted by atomic mass is 9.90. The van der Waals surface area contributed by atoms with Gasteiger partial charge in [-0.2, -0.15) is 0 Å². The van der Waals surface area contributed by atoms with Crippen molar-refractivity contribution in [2.24, 2.45) is 0 Å². The molecule has 0 aromatic heterocycles. The van der Waals surface area contributed by atoms with Gasteiger partial charge in [0.1, 0.15) is 11.6 Å². The zero-order valence-corrected chi connectivity index (χ0v) is 12.0. The fraction of sp³-hybridized carbons (Fsp3) is 0.600. The number of piperidine rings is 1. The van der Waals surface area contributed by atoms with Crippen molar-refractivity contribution in [1.82, 2.24) is 10.2 Å². The molecule has 1 aromatic carbocycles. The van der Waals surface area contributed by atoms with Gasteiger partial charge in [0.2, 0.25) is 0 Å². The van der Waals surface area contributed by atoms with E-state index in [1.54, 1.807) is 7.11 Å². The second kappa shape index (κ2) is 5.88. The van der Waals surface area contributed by atoms with Crippen LogP contribution < -0.4 is 10.1 Å². The van der Waals surface area contributed by atoms with Crippen LogP contribution in [0.5, 0.6) is 5.75 Å². The van der Waals surface area contributed by atoms with Crippen molar-refractivity contribution in [3.8, 4) is 5.75 Å². The monoisotopic (exact) mass is 266 g/mol. The second-order valence-corrected chi connectivity index (χ2v) is 5.54. The van der Waals surface area contributed by atoms with Gasteiger partial charge in [-0.25, -0.2) is 4.39 Å². The first-order valence-corrected chi connectivity index (χ1v) is 6.80. The fourth-order valence-electron chi connectivity index (χ4n) is 2.48. The van der Waals surface area contributed by atoms with Crippen molar-refractivity contribution < 1.29 is 9.13 Å². The van der Waals surface area contributed by atoms with Crippen LogP contribution in [0.1, 0.15) is 25.3 Å². The molecule has 1 aliphatic rings. The van der Waals surface area contributed by atoms with Crippen LogP contribution >= 0.6 is 0 Å². The second-order valence-electron chi connectivity index (χ2n) is 5.54. The molecule has 19 heavy (non-hydrogen) atoms.